The molecule has 0 fully saturated rings. The first kappa shape index (κ1) is 19.4. The molecule has 26 heavy (non-hydrogen) atoms. The van der Waals surface area contributed by atoms with Crippen LogP contribution < -0.4 is 10.1 Å². The second kappa shape index (κ2) is 8.99. The van der Waals surface area contributed by atoms with Gasteiger partial charge in [-0.3, -0.25) is 5.32 Å². The number of benzene rings is 2. The lowest BCUT2D eigenvalue weighted by Crippen LogP contribution is -2.18. The summed E-state index contributed by atoms with van der Waals surface area (Å²) in [6, 6.07) is 11.0. The molecule has 4 nitrogen and oxygen atoms in total. The molecule has 0 unspecified atom stereocenters. The second-order valence-electron chi connectivity index (χ2n) is 5.65. The minimum Gasteiger partial charge on any atom is -0.489 e. The Morgan fingerprint density at radius 1 is 1.27 bits per heavy atom. The molecule has 0 aliphatic carbocycles. The molecule has 0 spiro atoms. The molecule has 0 aliphatic rings. The van der Waals surface area contributed by atoms with Crippen LogP contribution in [-0.2, 0) is 17.8 Å². The quantitative estimate of drug-likeness (QED) is 0.703. The van der Waals surface area contributed by atoms with Crippen LogP contribution in [0.3, 0.4) is 0 Å². The van der Waals surface area contributed by atoms with Gasteiger partial charge >= 0.3 is 12.7 Å². The Balaban J connectivity index is 2.18. The summed E-state index contributed by atoms with van der Waals surface area (Å²) in [4.78, 5) is 11.5. The standard InChI is InChI=1S/C20H21F2NO3/c1-4-14-7-9-18(13(3)10-14)25-12-16-11-15(5-2)6-8-17(16)23-20(24)26-19(21)22/h5-11,19H,2,4,12H2,1,3H3,(H,23,24). The summed E-state index contributed by atoms with van der Waals surface area (Å²) in [6.45, 7) is 4.70. The second-order valence-corrected chi connectivity index (χ2v) is 5.65. The number of halogens is 2. The molecule has 0 saturated heterocycles. The van der Waals surface area contributed by atoms with Crippen LogP contribution >= 0.6 is 0 Å². The Morgan fingerprint density at radius 2 is 2.04 bits per heavy atom. The van der Waals surface area contributed by atoms with E-state index in [1.807, 2.05) is 19.1 Å². The number of nitrogens with one attached hydrogen (secondary N) is 1. The van der Waals surface area contributed by atoms with E-state index in [-0.39, 0.29) is 6.61 Å². The summed E-state index contributed by atoms with van der Waals surface area (Å²) >= 11 is 0. The SMILES string of the molecule is C=Cc1ccc(NC(=O)OC(F)F)c(COc2ccc(CC)cc2C)c1. The van der Waals surface area contributed by atoms with Crippen molar-refractivity contribution in [3.05, 3.63) is 65.2 Å². The van der Waals surface area contributed by atoms with Crippen molar-refractivity contribution in [1.29, 1.82) is 0 Å². The van der Waals surface area contributed by atoms with Crippen LogP contribution in [0.25, 0.3) is 6.08 Å². The molecule has 0 aliphatic heterocycles. The Morgan fingerprint density at radius 3 is 2.65 bits per heavy atom. The summed E-state index contributed by atoms with van der Waals surface area (Å²) in [5.41, 5.74) is 3.97. The van der Waals surface area contributed by atoms with Crippen LogP contribution in [0.4, 0.5) is 19.3 Å². The summed E-state index contributed by atoms with van der Waals surface area (Å²) in [6.07, 6.45) is 1.35. The lowest BCUT2D eigenvalue weighted by atomic mass is 10.1. The van der Waals surface area contributed by atoms with E-state index in [1.165, 1.54) is 5.56 Å². The highest BCUT2D eigenvalue weighted by atomic mass is 19.3. The van der Waals surface area contributed by atoms with Gasteiger partial charge in [-0.2, -0.15) is 8.78 Å². The molecule has 2 aromatic rings. The lowest BCUT2D eigenvalue weighted by Gasteiger charge is -2.15. The molecular weight excluding hydrogens is 340 g/mol. The van der Waals surface area contributed by atoms with Crippen LogP contribution in [0.5, 0.6) is 5.75 Å². The van der Waals surface area contributed by atoms with Crippen LogP contribution in [0.1, 0.15) is 29.2 Å². The molecule has 2 aromatic carbocycles. The van der Waals surface area contributed by atoms with Crippen molar-refractivity contribution < 1.29 is 23.0 Å². The number of anilines is 1. The third-order valence-electron chi connectivity index (χ3n) is 3.83. The van der Waals surface area contributed by atoms with Gasteiger partial charge in [0.25, 0.3) is 0 Å². The van der Waals surface area contributed by atoms with E-state index in [4.69, 9.17) is 4.74 Å². The van der Waals surface area contributed by atoms with Gasteiger partial charge in [0.05, 0.1) is 5.69 Å². The van der Waals surface area contributed by atoms with Crippen LogP contribution in [-0.4, -0.2) is 12.7 Å². The van der Waals surface area contributed by atoms with E-state index in [2.05, 4.69) is 29.6 Å². The minimum absolute atomic E-state index is 0.151. The molecular formula is C20H21F2NO3. The maximum Gasteiger partial charge on any atom is 0.416 e. The van der Waals surface area contributed by atoms with Gasteiger partial charge in [-0.25, -0.2) is 4.79 Å². The van der Waals surface area contributed by atoms with Gasteiger partial charge in [0, 0.05) is 5.56 Å². The summed E-state index contributed by atoms with van der Waals surface area (Å²) in [5, 5.41) is 2.31. The van der Waals surface area contributed by atoms with E-state index >= 15 is 0 Å². The molecule has 138 valence electrons. The van der Waals surface area contributed by atoms with Gasteiger partial charge in [0.2, 0.25) is 0 Å². The third kappa shape index (κ3) is 5.31. The Bertz CT molecular complexity index is 791. The first-order chi connectivity index (χ1) is 12.4. The average molecular weight is 361 g/mol. The van der Waals surface area contributed by atoms with Gasteiger partial charge in [-0.1, -0.05) is 37.8 Å². The van der Waals surface area contributed by atoms with E-state index in [9.17, 15) is 13.6 Å². The normalized spacial score (nSPS) is 10.5. The number of rotatable bonds is 7. The average Bonchev–Trinajstić information content (AvgIpc) is 2.60. The zero-order valence-corrected chi connectivity index (χ0v) is 14.7. The Kier molecular flexibility index (Phi) is 6.72. The lowest BCUT2D eigenvalue weighted by molar-refractivity contribution is -0.0766. The van der Waals surface area contributed by atoms with Crippen LogP contribution in [0.2, 0.25) is 0 Å². The first-order valence-electron chi connectivity index (χ1n) is 8.16. The van der Waals surface area contributed by atoms with Crippen molar-refractivity contribution in [2.75, 3.05) is 5.32 Å². The van der Waals surface area contributed by atoms with Crippen molar-refractivity contribution in [3.63, 3.8) is 0 Å². The van der Waals surface area contributed by atoms with Gasteiger partial charge in [0.15, 0.2) is 0 Å². The van der Waals surface area contributed by atoms with Gasteiger partial charge in [0.1, 0.15) is 12.4 Å². The minimum atomic E-state index is -3.18. The van der Waals surface area contributed by atoms with E-state index in [1.54, 1.807) is 24.3 Å². The number of carbonyl (C=O) groups excluding carboxylic acids is 1. The van der Waals surface area contributed by atoms with Crippen molar-refractivity contribution in [3.8, 4) is 5.75 Å². The molecule has 0 bridgehead atoms. The molecule has 0 saturated carbocycles. The van der Waals surface area contributed by atoms with Gasteiger partial charge in [-0.15, -0.1) is 0 Å². The largest absolute Gasteiger partial charge is 0.489 e. The summed E-state index contributed by atoms with van der Waals surface area (Å²) < 4.78 is 34.0. The number of amides is 1. The predicted octanol–water partition coefficient (Wildman–Crippen LogP) is 5.55. The number of hydrogen-bond donors (Lipinski definition) is 1. The third-order valence-corrected chi connectivity index (χ3v) is 3.83. The molecule has 0 radical (unpaired) electrons. The molecule has 2 rings (SSSR count). The summed E-state index contributed by atoms with van der Waals surface area (Å²) in [7, 11) is 0. The molecule has 0 heterocycles. The zero-order chi connectivity index (χ0) is 19.1. The Hall–Kier alpha value is -2.89. The highest BCUT2D eigenvalue weighted by Crippen LogP contribution is 2.24. The molecule has 0 atom stereocenters. The fourth-order valence-corrected chi connectivity index (χ4v) is 2.45. The van der Waals surface area contributed by atoms with Crippen molar-refractivity contribution in [2.24, 2.45) is 0 Å². The number of aryl methyl sites for hydroxylation is 2. The smallest absolute Gasteiger partial charge is 0.416 e. The van der Waals surface area contributed by atoms with Crippen LogP contribution in [0, 0.1) is 6.92 Å². The Labute approximate surface area is 151 Å². The molecule has 6 heteroatoms. The van der Waals surface area contributed by atoms with Crippen molar-refractivity contribution in [1.82, 2.24) is 0 Å². The van der Waals surface area contributed by atoms with E-state index in [0.29, 0.717) is 17.0 Å². The number of carbonyl (C=O) groups is 1. The van der Waals surface area contributed by atoms with Crippen molar-refractivity contribution >= 4 is 17.9 Å². The number of ether oxygens (including phenoxy) is 2. The van der Waals surface area contributed by atoms with E-state index < -0.39 is 12.7 Å². The highest BCUT2D eigenvalue weighted by molar-refractivity contribution is 5.86. The fraction of sp³-hybridized carbons (Fsp3) is 0.250. The van der Waals surface area contributed by atoms with Gasteiger partial charge in [-0.05, 0) is 48.2 Å². The maximum absolute atomic E-state index is 12.2. The molecule has 0 aromatic heterocycles. The molecule has 1 N–H and O–H groups in total. The van der Waals surface area contributed by atoms with Crippen LogP contribution in [0.15, 0.2) is 43.0 Å². The summed E-state index contributed by atoms with van der Waals surface area (Å²) in [5.74, 6) is 0.715. The topological polar surface area (TPSA) is 47.6 Å². The number of hydrogen-bond acceptors (Lipinski definition) is 3. The van der Waals surface area contributed by atoms with Gasteiger partial charge < -0.3 is 9.47 Å². The first-order valence-corrected chi connectivity index (χ1v) is 8.16. The maximum atomic E-state index is 12.2. The zero-order valence-electron chi connectivity index (χ0n) is 14.7. The predicted molar refractivity (Wildman–Crippen MR) is 97.5 cm³/mol. The monoisotopic (exact) mass is 361 g/mol. The molecule has 1 amide bonds. The van der Waals surface area contributed by atoms with E-state index in [0.717, 1.165) is 17.5 Å². The van der Waals surface area contributed by atoms with Crippen molar-refractivity contribution in [2.45, 2.75) is 33.5 Å². The highest BCUT2D eigenvalue weighted by Gasteiger charge is 2.13. The number of alkyl halides is 2. The fourth-order valence-electron chi connectivity index (χ4n) is 2.45.